The van der Waals surface area contributed by atoms with E-state index < -0.39 is 14.5 Å². The Morgan fingerprint density at radius 3 is 0.562 bits per heavy atom. The zero-order valence-corrected chi connectivity index (χ0v) is 30.4. The van der Waals surface area contributed by atoms with Gasteiger partial charge in [0.25, 0.3) is 0 Å². The van der Waals surface area contributed by atoms with E-state index in [0.29, 0.717) is 0 Å². The Balaban J connectivity index is 1.05. The van der Waals surface area contributed by atoms with Crippen molar-refractivity contribution < 1.29 is 0 Å². The van der Waals surface area contributed by atoms with Crippen LogP contribution in [0.1, 0.15) is 51.4 Å². The number of unbranched alkanes of at least 4 members (excludes halogenated alkanes) is 7. The van der Waals surface area contributed by atoms with Crippen molar-refractivity contribution in [3.8, 4) is 0 Å². The Hall–Kier alpha value is -3.82. The summed E-state index contributed by atoms with van der Waals surface area (Å²) in [5.74, 6) is 0. The maximum atomic E-state index is 2.39. The number of hydrogen-bond donors (Lipinski definition) is 0. The molecule has 0 heterocycles. The fraction of sp³-hybridized carbons (Fsp3) is 0.217. The molecule has 0 aromatic heterocycles. The quantitative estimate of drug-likeness (QED) is 0.0672. The molecule has 0 aliphatic rings. The monoisotopic (exact) mass is 666 g/mol. The Kier molecular flexibility index (Phi) is 12.4. The Morgan fingerprint density at radius 2 is 0.375 bits per heavy atom. The van der Waals surface area contributed by atoms with Gasteiger partial charge in [-0.1, -0.05) is 0 Å². The Bertz CT molecular complexity index is 1410. The number of rotatable bonds is 17. The molecule has 6 rings (SSSR count). The van der Waals surface area contributed by atoms with Gasteiger partial charge in [-0.2, -0.15) is 0 Å². The zero-order valence-electron chi connectivity index (χ0n) is 28.4. The third-order valence-electron chi connectivity index (χ3n) is 10.5. The fourth-order valence-corrected chi connectivity index (χ4v) is 17.9. The average Bonchev–Trinajstić information content (AvgIpc) is 3.18. The van der Waals surface area contributed by atoms with Crippen molar-refractivity contribution >= 4 is 46.4 Å². The summed E-state index contributed by atoms with van der Waals surface area (Å²) in [4.78, 5) is 0. The second kappa shape index (κ2) is 17.5. The third kappa shape index (κ3) is 7.90. The molecule has 0 fully saturated rings. The average molecular weight is 667 g/mol. The number of hydrogen-bond acceptors (Lipinski definition) is 0. The standard InChI is InChI=1S/C46H52P2/c1(3-5-25-39-47(41-27-13-7-14-28-41,42-29-15-8-16-30-42)43-31-17-9-18-32-43)2-4-6-26-40-48(44-33-19-10-20-34-44,45-35-21-11-22-36-45)46-37-23-12-24-38-46/h7-24,27-38,47-48H,1-6,25-26,39-40H2. The van der Waals surface area contributed by atoms with Crippen molar-refractivity contribution in [1.82, 2.24) is 0 Å². The molecule has 0 nitrogen and oxygen atoms in total. The van der Waals surface area contributed by atoms with E-state index in [-0.39, 0.29) is 0 Å². The van der Waals surface area contributed by atoms with Crippen molar-refractivity contribution in [2.24, 2.45) is 0 Å². The van der Waals surface area contributed by atoms with Crippen molar-refractivity contribution in [2.45, 2.75) is 51.4 Å². The van der Waals surface area contributed by atoms with Crippen molar-refractivity contribution in [3.05, 3.63) is 182 Å². The van der Waals surface area contributed by atoms with E-state index in [2.05, 4.69) is 182 Å². The molecule has 0 unspecified atom stereocenters. The van der Waals surface area contributed by atoms with Gasteiger partial charge in [-0.3, -0.25) is 0 Å². The van der Waals surface area contributed by atoms with Gasteiger partial charge in [-0.25, -0.2) is 0 Å². The SMILES string of the molecule is c1ccc([PH](CCCCCCCCCC[PH](c2ccccc2)(c2ccccc2)c2ccccc2)(c2ccccc2)c2ccccc2)cc1. The van der Waals surface area contributed by atoms with E-state index in [9.17, 15) is 0 Å². The summed E-state index contributed by atoms with van der Waals surface area (Å²) in [5.41, 5.74) is 0. The summed E-state index contributed by atoms with van der Waals surface area (Å²) >= 11 is 0. The van der Waals surface area contributed by atoms with Gasteiger partial charge in [0.15, 0.2) is 0 Å². The first-order chi connectivity index (χ1) is 23.8. The van der Waals surface area contributed by atoms with Gasteiger partial charge < -0.3 is 0 Å². The van der Waals surface area contributed by atoms with Crippen molar-refractivity contribution in [3.63, 3.8) is 0 Å². The summed E-state index contributed by atoms with van der Waals surface area (Å²) in [7, 11) is -4.22. The summed E-state index contributed by atoms with van der Waals surface area (Å²) < 4.78 is 0. The van der Waals surface area contributed by atoms with Crippen LogP contribution < -0.4 is 31.8 Å². The first-order valence-electron chi connectivity index (χ1n) is 18.2. The summed E-state index contributed by atoms with van der Waals surface area (Å²) in [6, 6.07) is 68.4. The van der Waals surface area contributed by atoms with Gasteiger partial charge in [-0.15, -0.1) is 0 Å². The van der Waals surface area contributed by atoms with Crippen LogP contribution in [0.5, 0.6) is 0 Å². The van der Waals surface area contributed by atoms with Crippen LogP contribution in [-0.4, -0.2) is 12.3 Å². The molecule has 0 saturated carbocycles. The molecule has 6 aromatic carbocycles. The summed E-state index contributed by atoms with van der Waals surface area (Å²) in [5, 5.41) is 9.19. The van der Waals surface area contributed by atoms with Crippen LogP contribution in [0, 0.1) is 0 Å². The van der Waals surface area contributed by atoms with Gasteiger partial charge >= 0.3 is 292 Å². The van der Waals surface area contributed by atoms with Gasteiger partial charge in [0.1, 0.15) is 0 Å². The molecule has 2 heteroatoms. The van der Waals surface area contributed by atoms with E-state index >= 15 is 0 Å². The molecule has 0 radical (unpaired) electrons. The van der Waals surface area contributed by atoms with Gasteiger partial charge in [0.2, 0.25) is 0 Å². The molecule has 0 N–H and O–H groups in total. The van der Waals surface area contributed by atoms with Crippen molar-refractivity contribution in [1.29, 1.82) is 0 Å². The summed E-state index contributed by atoms with van der Waals surface area (Å²) in [6.07, 6.45) is 13.1. The first kappa shape index (κ1) is 34.1. The minimum atomic E-state index is -2.11. The normalized spacial score (nSPS) is 12.4. The number of benzene rings is 6. The molecule has 246 valence electrons. The molecule has 0 bridgehead atoms. The molecule has 48 heavy (non-hydrogen) atoms. The van der Waals surface area contributed by atoms with Gasteiger partial charge in [0, 0.05) is 0 Å². The maximum absolute atomic E-state index is 2.39. The topological polar surface area (TPSA) is 0 Å². The van der Waals surface area contributed by atoms with Crippen LogP contribution in [-0.2, 0) is 0 Å². The fourth-order valence-electron chi connectivity index (χ4n) is 8.04. The van der Waals surface area contributed by atoms with E-state index in [4.69, 9.17) is 0 Å². The molecule has 0 saturated heterocycles. The molecule has 0 aliphatic heterocycles. The molecule has 0 atom stereocenters. The summed E-state index contributed by atoms with van der Waals surface area (Å²) in [6.45, 7) is 0. The van der Waals surface area contributed by atoms with Crippen molar-refractivity contribution in [2.75, 3.05) is 12.3 Å². The van der Waals surface area contributed by atoms with Crippen LogP contribution in [0.4, 0.5) is 0 Å². The molecule has 0 amide bonds. The van der Waals surface area contributed by atoms with E-state index in [1.54, 1.807) is 0 Å². The Morgan fingerprint density at radius 1 is 0.208 bits per heavy atom. The Labute approximate surface area is 291 Å². The molecule has 0 aliphatic carbocycles. The molecule has 0 spiro atoms. The predicted molar refractivity (Wildman–Crippen MR) is 220 cm³/mol. The first-order valence-corrected chi connectivity index (χ1v) is 22.6. The second-order valence-corrected chi connectivity index (χ2v) is 21.4. The predicted octanol–water partition coefficient (Wildman–Crippen LogP) is 9.56. The van der Waals surface area contributed by atoms with Crippen LogP contribution in [0.3, 0.4) is 0 Å². The molecule has 6 aromatic rings. The van der Waals surface area contributed by atoms with E-state index in [0.717, 1.165) is 0 Å². The van der Waals surface area contributed by atoms with E-state index in [1.807, 2.05) is 0 Å². The molecular formula is C46H52P2. The van der Waals surface area contributed by atoms with Crippen LogP contribution in [0.15, 0.2) is 182 Å². The second-order valence-electron chi connectivity index (χ2n) is 13.3. The van der Waals surface area contributed by atoms with Crippen LogP contribution in [0.25, 0.3) is 0 Å². The van der Waals surface area contributed by atoms with Crippen LogP contribution >= 0.6 is 14.5 Å². The van der Waals surface area contributed by atoms with Gasteiger partial charge in [0.05, 0.1) is 0 Å². The molecular weight excluding hydrogens is 614 g/mol. The third-order valence-corrected chi connectivity index (χ3v) is 20.6. The van der Waals surface area contributed by atoms with Crippen LogP contribution in [0.2, 0.25) is 0 Å². The minimum absolute atomic E-state index is 1.26. The van der Waals surface area contributed by atoms with E-state index in [1.165, 1.54) is 95.5 Å². The zero-order chi connectivity index (χ0) is 32.7. The van der Waals surface area contributed by atoms with Gasteiger partial charge in [-0.05, 0) is 0 Å².